The van der Waals surface area contributed by atoms with E-state index in [1.54, 1.807) is 6.07 Å². The van der Waals surface area contributed by atoms with E-state index in [-0.39, 0.29) is 17.2 Å². The van der Waals surface area contributed by atoms with Gasteiger partial charge in [0.2, 0.25) is 11.8 Å². The smallest absolute Gasteiger partial charge is 0.221 e. The maximum atomic E-state index is 11.7. The van der Waals surface area contributed by atoms with Gasteiger partial charge in [-0.05, 0) is 36.9 Å². The number of anilines is 1. The topological polar surface area (TPSA) is 79.5 Å². The molecule has 0 saturated heterocycles. The molecule has 0 heterocycles. The second kappa shape index (κ2) is 11.5. The van der Waals surface area contributed by atoms with Crippen molar-refractivity contribution < 1.29 is 14.3 Å². The van der Waals surface area contributed by atoms with E-state index in [1.807, 2.05) is 18.2 Å². The summed E-state index contributed by atoms with van der Waals surface area (Å²) < 4.78 is 5.66. The number of amides is 2. The Morgan fingerprint density at radius 3 is 2.58 bits per heavy atom. The van der Waals surface area contributed by atoms with Crippen molar-refractivity contribution in [3.8, 4) is 5.75 Å². The average molecular weight is 364 g/mol. The van der Waals surface area contributed by atoms with Crippen LogP contribution in [0, 0.1) is 5.41 Å². The number of nitrogens with one attached hydrogen (secondary N) is 3. The Morgan fingerprint density at radius 1 is 1.12 bits per heavy atom. The van der Waals surface area contributed by atoms with Gasteiger partial charge in [0.25, 0.3) is 0 Å². The Morgan fingerprint density at radius 2 is 1.88 bits per heavy atom. The van der Waals surface area contributed by atoms with Crippen LogP contribution in [0.15, 0.2) is 24.3 Å². The highest BCUT2D eigenvalue weighted by Gasteiger charge is 2.11. The van der Waals surface area contributed by atoms with Crippen molar-refractivity contribution in [1.29, 1.82) is 0 Å². The quantitative estimate of drug-likeness (QED) is 0.528. The normalized spacial score (nSPS) is 11.1. The first-order valence-electron chi connectivity index (χ1n) is 9.24. The summed E-state index contributed by atoms with van der Waals surface area (Å²) in [6.07, 6.45) is 2.41. The number of carbonyl (C=O) groups is 2. The van der Waals surface area contributed by atoms with Crippen LogP contribution < -0.4 is 20.7 Å². The van der Waals surface area contributed by atoms with Gasteiger partial charge in [0, 0.05) is 38.2 Å². The van der Waals surface area contributed by atoms with Gasteiger partial charge < -0.3 is 20.7 Å². The molecule has 0 aromatic heterocycles. The van der Waals surface area contributed by atoms with Gasteiger partial charge in [-0.1, -0.05) is 26.8 Å². The minimum atomic E-state index is -0.101. The van der Waals surface area contributed by atoms with Crippen molar-refractivity contribution in [2.45, 2.75) is 47.0 Å². The third-order valence-electron chi connectivity index (χ3n) is 3.53. The minimum absolute atomic E-state index is 0.101. The molecule has 6 nitrogen and oxygen atoms in total. The van der Waals surface area contributed by atoms with E-state index >= 15 is 0 Å². The van der Waals surface area contributed by atoms with E-state index in [2.05, 4.69) is 36.7 Å². The number of rotatable bonds is 11. The number of hydrogen-bond acceptors (Lipinski definition) is 4. The van der Waals surface area contributed by atoms with E-state index in [9.17, 15) is 9.59 Å². The van der Waals surface area contributed by atoms with Gasteiger partial charge in [0.05, 0.1) is 0 Å². The van der Waals surface area contributed by atoms with E-state index in [1.165, 1.54) is 6.92 Å². The Kier molecular flexibility index (Phi) is 9.73. The molecule has 1 rings (SSSR count). The zero-order valence-electron chi connectivity index (χ0n) is 16.5. The molecular formula is C20H33N3O3. The highest BCUT2D eigenvalue weighted by Crippen LogP contribution is 2.17. The van der Waals surface area contributed by atoms with E-state index in [0.29, 0.717) is 19.6 Å². The zero-order valence-corrected chi connectivity index (χ0v) is 16.5. The van der Waals surface area contributed by atoms with E-state index < -0.39 is 0 Å². The molecule has 0 unspecified atom stereocenters. The second-order valence-electron chi connectivity index (χ2n) is 7.60. The van der Waals surface area contributed by atoms with Crippen molar-refractivity contribution in [2.75, 3.05) is 31.6 Å². The van der Waals surface area contributed by atoms with Gasteiger partial charge in [-0.3, -0.25) is 9.59 Å². The molecule has 3 N–H and O–H groups in total. The zero-order chi connectivity index (χ0) is 19.4. The van der Waals surface area contributed by atoms with E-state index in [4.69, 9.17) is 4.74 Å². The summed E-state index contributed by atoms with van der Waals surface area (Å²) in [5.74, 6) is 0.756. The predicted octanol–water partition coefficient (Wildman–Crippen LogP) is 2.95. The lowest BCUT2D eigenvalue weighted by Gasteiger charge is -2.18. The molecule has 0 atom stereocenters. The maximum absolute atomic E-state index is 11.7. The molecule has 0 spiro atoms. The number of benzene rings is 1. The third-order valence-corrected chi connectivity index (χ3v) is 3.53. The van der Waals surface area contributed by atoms with Gasteiger partial charge in [-0.2, -0.15) is 0 Å². The summed E-state index contributed by atoms with van der Waals surface area (Å²) in [5, 5.41) is 9.00. The fourth-order valence-electron chi connectivity index (χ4n) is 2.22. The first kappa shape index (κ1) is 22.0. The molecule has 0 saturated carbocycles. The lowest BCUT2D eigenvalue weighted by atomic mass is 9.97. The third kappa shape index (κ3) is 11.5. The van der Waals surface area contributed by atoms with Crippen molar-refractivity contribution in [3.05, 3.63) is 24.3 Å². The van der Waals surface area contributed by atoms with Crippen molar-refractivity contribution in [3.63, 3.8) is 0 Å². The van der Waals surface area contributed by atoms with Crippen LogP contribution in [0.5, 0.6) is 5.75 Å². The van der Waals surface area contributed by atoms with Crippen LogP contribution in [0.4, 0.5) is 5.69 Å². The van der Waals surface area contributed by atoms with Crippen molar-refractivity contribution >= 4 is 17.5 Å². The van der Waals surface area contributed by atoms with Crippen molar-refractivity contribution in [1.82, 2.24) is 10.6 Å². The van der Waals surface area contributed by atoms with Crippen LogP contribution in [0.1, 0.15) is 47.0 Å². The van der Waals surface area contributed by atoms with Crippen LogP contribution in [0.25, 0.3) is 0 Å². The van der Waals surface area contributed by atoms with Gasteiger partial charge in [0.1, 0.15) is 12.4 Å². The molecule has 6 heteroatoms. The first-order chi connectivity index (χ1) is 12.3. The lowest BCUT2D eigenvalue weighted by Crippen LogP contribution is -2.32. The molecule has 2 amide bonds. The Hall–Kier alpha value is -2.08. The largest absolute Gasteiger partial charge is 0.492 e. The second-order valence-corrected chi connectivity index (χ2v) is 7.60. The summed E-state index contributed by atoms with van der Waals surface area (Å²) in [5.41, 5.74) is 0.853. The fraction of sp³-hybridized carbons (Fsp3) is 0.600. The molecule has 0 aliphatic carbocycles. The van der Waals surface area contributed by atoms with Crippen molar-refractivity contribution in [2.24, 2.45) is 5.41 Å². The molecular weight excluding hydrogens is 330 g/mol. The van der Waals surface area contributed by atoms with Gasteiger partial charge in [-0.15, -0.1) is 0 Å². The molecule has 146 valence electrons. The number of ether oxygens (including phenoxy) is 1. The maximum Gasteiger partial charge on any atom is 0.221 e. The van der Waals surface area contributed by atoms with Gasteiger partial charge in [-0.25, -0.2) is 0 Å². The van der Waals surface area contributed by atoms with E-state index in [0.717, 1.165) is 37.4 Å². The number of unbranched alkanes of at least 4 members (excludes halogenated alkanes) is 1. The molecule has 0 radical (unpaired) electrons. The standard InChI is InChI=1S/C20H33N3O3/c1-16(24)23-17-8-7-9-18(14-17)26-13-12-21-11-6-5-10-19(25)22-15-20(2,3)4/h7-9,14,21H,5-6,10-13,15H2,1-4H3,(H,22,25)(H,23,24). The van der Waals surface area contributed by atoms with Crippen LogP contribution in [0.3, 0.4) is 0 Å². The number of carbonyl (C=O) groups excluding carboxylic acids is 2. The Bertz CT molecular complexity index is 568. The Labute approximate surface area is 157 Å². The van der Waals surface area contributed by atoms with Crippen LogP contribution >= 0.6 is 0 Å². The summed E-state index contributed by atoms with van der Waals surface area (Å²) in [6, 6.07) is 7.34. The fourth-order valence-corrected chi connectivity index (χ4v) is 2.22. The Balaban J connectivity index is 2.04. The molecule has 0 aliphatic rings. The molecule has 0 fully saturated rings. The van der Waals surface area contributed by atoms with Crippen LogP contribution in [0.2, 0.25) is 0 Å². The van der Waals surface area contributed by atoms with Gasteiger partial charge >= 0.3 is 0 Å². The monoisotopic (exact) mass is 363 g/mol. The van der Waals surface area contributed by atoms with Crippen LogP contribution in [-0.4, -0.2) is 38.1 Å². The lowest BCUT2D eigenvalue weighted by molar-refractivity contribution is -0.121. The molecule has 0 aliphatic heterocycles. The van der Waals surface area contributed by atoms with Gasteiger partial charge in [0.15, 0.2) is 0 Å². The first-order valence-corrected chi connectivity index (χ1v) is 9.24. The highest BCUT2D eigenvalue weighted by molar-refractivity contribution is 5.88. The number of hydrogen-bond donors (Lipinski definition) is 3. The molecule has 0 bridgehead atoms. The summed E-state index contributed by atoms with van der Waals surface area (Å²) in [6.45, 7) is 10.7. The highest BCUT2D eigenvalue weighted by atomic mass is 16.5. The molecule has 1 aromatic carbocycles. The average Bonchev–Trinajstić information content (AvgIpc) is 2.54. The molecule has 1 aromatic rings. The summed E-state index contributed by atoms with van der Waals surface area (Å²) >= 11 is 0. The summed E-state index contributed by atoms with van der Waals surface area (Å²) in [7, 11) is 0. The van der Waals surface area contributed by atoms with Crippen LogP contribution in [-0.2, 0) is 9.59 Å². The summed E-state index contributed by atoms with van der Waals surface area (Å²) in [4.78, 5) is 22.7. The minimum Gasteiger partial charge on any atom is -0.492 e. The molecule has 26 heavy (non-hydrogen) atoms. The SMILES string of the molecule is CC(=O)Nc1cccc(OCCNCCCCC(=O)NCC(C)(C)C)c1. The predicted molar refractivity (Wildman–Crippen MR) is 105 cm³/mol.